The Labute approximate surface area is 115 Å². The molecule has 1 aliphatic rings. The number of rotatable bonds is 2. The van der Waals surface area contributed by atoms with E-state index in [1.54, 1.807) is 6.33 Å². The van der Waals surface area contributed by atoms with Crippen molar-refractivity contribution in [3.8, 4) is 11.4 Å². The van der Waals surface area contributed by atoms with Gasteiger partial charge in [0.25, 0.3) is 0 Å². The summed E-state index contributed by atoms with van der Waals surface area (Å²) in [5.74, 6) is 0.830. The van der Waals surface area contributed by atoms with Gasteiger partial charge in [-0.1, -0.05) is 15.9 Å². The van der Waals surface area contributed by atoms with Crippen molar-refractivity contribution in [2.45, 2.75) is 19.3 Å². The van der Waals surface area contributed by atoms with E-state index in [1.165, 1.54) is 24.9 Å². The van der Waals surface area contributed by atoms with E-state index in [2.05, 4.69) is 54.2 Å². The Morgan fingerprint density at radius 3 is 2.72 bits per heavy atom. The Morgan fingerprint density at radius 2 is 2.00 bits per heavy atom. The standard InChI is InChI=1S/C13H15BrN4/c14-10-4-5-12(18-6-2-1-3-7-18)11(8-10)13-15-9-16-17-13/h4-5,8-9H,1-3,6-7H2,(H,15,16,17). The second-order valence-electron chi connectivity index (χ2n) is 4.54. The number of aromatic amines is 1. The largest absolute Gasteiger partial charge is 0.371 e. The van der Waals surface area contributed by atoms with Gasteiger partial charge in [0.15, 0.2) is 5.82 Å². The minimum atomic E-state index is 0.830. The van der Waals surface area contributed by atoms with Crippen LogP contribution in [0.2, 0.25) is 0 Å². The number of H-pyrrole nitrogens is 1. The maximum atomic E-state index is 4.27. The van der Waals surface area contributed by atoms with Crippen molar-refractivity contribution < 1.29 is 0 Å². The van der Waals surface area contributed by atoms with E-state index in [0.717, 1.165) is 29.0 Å². The molecular formula is C13H15BrN4. The topological polar surface area (TPSA) is 44.8 Å². The molecule has 2 heterocycles. The predicted molar refractivity (Wildman–Crippen MR) is 75.6 cm³/mol. The lowest BCUT2D eigenvalue weighted by molar-refractivity contribution is 0.578. The summed E-state index contributed by atoms with van der Waals surface area (Å²) in [5, 5.41) is 6.90. The van der Waals surface area contributed by atoms with Gasteiger partial charge in [0.05, 0.1) is 0 Å². The fourth-order valence-corrected chi connectivity index (χ4v) is 2.80. The van der Waals surface area contributed by atoms with Crippen molar-refractivity contribution in [3.05, 3.63) is 29.0 Å². The first-order valence-corrected chi connectivity index (χ1v) is 7.04. The average Bonchev–Trinajstić information content (AvgIpc) is 2.93. The third-order valence-corrected chi connectivity index (χ3v) is 3.82. The lowest BCUT2D eigenvalue weighted by atomic mass is 10.1. The molecule has 1 aromatic carbocycles. The highest BCUT2D eigenvalue weighted by atomic mass is 79.9. The van der Waals surface area contributed by atoms with Gasteiger partial charge in [0, 0.05) is 28.8 Å². The third kappa shape index (κ3) is 2.27. The molecule has 94 valence electrons. The van der Waals surface area contributed by atoms with E-state index in [1.807, 2.05) is 0 Å². The fourth-order valence-electron chi connectivity index (χ4n) is 2.44. The molecule has 1 aromatic heterocycles. The maximum absolute atomic E-state index is 4.27. The molecule has 1 saturated heterocycles. The number of nitrogens with zero attached hydrogens (tertiary/aromatic N) is 3. The Balaban J connectivity index is 2.02. The van der Waals surface area contributed by atoms with Gasteiger partial charge in [0.2, 0.25) is 0 Å². The Bertz CT molecular complexity index is 518. The summed E-state index contributed by atoms with van der Waals surface area (Å²) < 4.78 is 1.06. The van der Waals surface area contributed by atoms with E-state index in [-0.39, 0.29) is 0 Å². The number of halogens is 1. The highest BCUT2D eigenvalue weighted by molar-refractivity contribution is 9.10. The number of hydrogen-bond acceptors (Lipinski definition) is 3. The normalized spacial score (nSPS) is 15.9. The highest BCUT2D eigenvalue weighted by Gasteiger charge is 2.16. The van der Waals surface area contributed by atoms with Crippen molar-refractivity contribution in [2.24, 2.45) is 0 Å². The maximum Gasteiger partial charge on any atom is 0.157 e. The lowest BCUT2D eigenvalue weighted by Crippen LogP contribution is -2.29. The minimum Gasteiger partial charge on any atom is -0.371 e. The van der Waals surface area contributed by atoms with Crippen LogP contribution in [0.4, 0.5) is 5.69 Å². The second-order valence-corrected chi connectivity index (χ2v) is 5.46. The fraction of sp³-hybridized carbons (Fsp3) is 0.385. The molecule has 2 aromatic rings. The molecule has 0 atom stereocenters. The van der Waals surface area contributed by atoms with Gasteiger partial charge in [0.1, 0.15) is 6.33 Å². The molecule has 1 aliphatic heterocycles. The summed E-state index contributed by atoms with van der Waals surface area (Å²) in [5.41, 5.74) is 2.36. The van der Waals surface area contributed by atoms with Crippen molar-refractivity contribution in [1.29, 1.82) is 0 Å². The van der Waals surface area contributed by atoms with Crippen LogP contribution >= 0.6 is 15.9 Å². The van der Waals surface area contributed by atoms with E-state index in [9.17, 15) is 0 Å². The molecule has 0 unspecified atom stereocenters. The third-order valence-electron chi connectivity index (χ3n) is 3.33. The summed E-state index contributed by atoms with van der Waals surface area (Å²) in [6.45, 7) is 2.26. The molecule has 0 bridgehead atoms. The smallest absolute Gasteiger partial charge is 0.157 e. The number of benzene rings is 1. The van der Waals surface area contributed by atoms with Crippen LogP contribution in [0.15, 0.2) is 29.0 Å². The van der Waals surface area contributed by atoms with Gasteiger partial charge in [-0.05, 0) is 37.5 Å². The van der Waals surface area contributed by atoms with E-state index in [4.69, 9.17) is 0 Å². The monoisotopic (exact) mass is 306 g/mol. The van der Waals surface area contributed by atoms with Crippen molar-refractivity contribution in [3.63, 3.8) is 0 Å². The van der Waals surface area contributed by atoms with Crippen LogP contribution in [0.25, 0.3) is 11.4 Å². The molecule has 0 amide bonds. The van der Waals surface area contributed by atoms with E-state index >= 15 is 0 Å². The molecule has 1 fully saturated rings. The predicted octanol–water partition coefficient (Wildman–Crippen LogP) is 3.22. The number of anilines is 1. The number of piperidine rings is 1. The molecule has 3 rings (SSSR count). The number of aromatic nitrogens is 3. The Kier molecular flexibility index (Phi) is 3.32. The molecule has 0 saturated carbocycles. The first-order chi connectivity index (χ1) is 8.84. The van der Waals surface area contributed by atoms with Crippen LogP contribution in [0, 0.1) is 0 Å². The van der Waals surface area contributed by atoms with Crippen LogP contribution in [0.3, 0.4) is 0 Å². The summed E-state index contributed by atoms with van der Waals surface area (Å²) in [7, 11) is 0. The first kappa shape index (κ1) is 11.7. The quantitative estimate of drug-likeness (QED) is 0.926. The lowest BCUT2D eigenvalue weighted by Gasteiger charge is -2.30. The van der Waals surface area contributed by atoms with E-state index in [0.29, 0.717) is 0 Å². The van der Waals surface area contributed by atoms with Gasteiger partial charge in [-0.3, -0.25) is 5.10 Å². The Morgan fingerprint density at radius 1 is 1.17 bits per heavy atom. The van der Waals surface area contributed by atoms with Gasteiger partial charge < -0.3 is 4.90 Å². The average molecular weight is 307 g/mol. The first-order valence-electron chi connectivity index (χ1n) is 6.25. The van der Waals surface area contributed by atoms with Crippen LogP contribution in [0.1, 0.15) is 19.3 Å². The molecule has 18 heavy (non-hydrogen) atoms. The van der Waals surface area contributed by atoms with Crippen LogP contribution in [0.5, 0.6) is 0 Å². The zero-order valence-electron chi connectivity index (χ0n) is 10.1. The SMILES string of the molecule is Brc1ccc(N2CCCCC2)c(-c2ncn[nH]2)c1. The molecule has 0 aliphatic carbocycles. The van der Waals surface area contributed by atoms with Gasteiger partial charge in [-0.25, -0.2) is 4.98 Å². The number of nitrogens with one attached hydrogen (secondary N) is 1. The van der Waals surface area contributed by atoms with Crippen LogP contribution in [-0.4, -0.2) is 28.3 Å². The summed E-state index contributed by atoms with van der Waals surface area (Å²) in [6.07, 6.45) is 5.43. The molecule has 0 radical (unpaired) electrons. The van der Waals surface area contributed by atoms with Crippen molar-refractivity contribution in [1.82, 2.24) is 15.2 Å². The van der Waals surface area contributed by atoms with Crippen LogP contribution in [-0.2, 0) is 0 Å². The highest BCUT2D eigenvalue weighted by Crippen LogP contribution is 2.32. The summed E-state index contributed by atoms with van der Waals surface area (Å²) >= 11 is 3.53. The van der Waals surface area contributed by atoms with Crippen molar-refractivity contribution >= 4 is 21.6 Å². The molecule has 0 spiro atoms. The zero-order chi connectivity index (χ0) is 12.4. The molecule has 5 heteroatoms. The molecular weight excluding hydrogens is 292 g/mol. The Hall–Kier alpha value is -1.36. The molecule has 4 nitrogen and oxygen atoms in total. The van der Waals surface area contributed by atoms with Gasteiger partial charge in [-0.2, -0.15) is 5.10 Å². The van der Waals surface area contributed by atoms with Crippen LogP contribution < -0.4 is 4.90 Å². The molecule has 1 N–H and O–H groups in total. The number of hydrogen-bond donors (Lipinski definition) is 1. The van der Waals surface area contributed by atoms with Crippen molar-refractivity contribution in [2.75, 3.05) is 18.0 Å². The second kappa shape index (κ2) is 5.10. The minimum absolute atomic E-state index is 0.830. The summed E-state index contributed by atoms with van der Waals surface area (Å²) in [4.78, 5) is 6.71. The van der Waals surface area contributed by atoms with Gasteiger partial charge in [-0.15, -0.1) is 0 Å². The summed E-state index contributed by atoms with van der Waals surface area (Å²) in [6, 6.07) is 6.35. The van der Waals surface area contributed by atoms with E-state index < -0.39 is 0 Å². The van der Waals surface area contributed by atoms with Gasteiger partial charge >= 0.3 is 0 Å². The zero-order valence-corrected chi connectivity index (χ0v) is 11.7.